The fourth-order valence-electron chi connectivity index (χ4n) is 2.47. The molecule has 0 aliphatic rings. The molecule has 0 spiro atoms. The number of hydrogen-bond donors (Lipinski definition) is 0. The highest BCUT2D eigenvalue weighted by molar-refractivity contribution is 6.36. The molecule has 0 bridgehead atoms. The smallest absolute Gasteiger partial charge is 0.372 e. The standard InChI is InChI=1S/C24H16Cl4N2O6/c25-17-5-7-21(19(27)9-17)33-13-23(31)35-29-11-15-1-2-16(4-3-15)12-30-36-24(32)14-34-22-8-6-18(26)10-20(22)28/h1-12H,13-14H2. The van der Waals surface area contributed by atoms with E-state index >= 15 is 0 Å². The molecule has 3 aromatic carbocycles. The second kappa shape index (κ2) is 13.7. The fourth-order valence-corrected chi connectivity index (χ4v) is 3.40. The molecule has 0 aromatic heterocycles. The van der Waals surface area contributed by atoms with Gasteiger partial charge in [0.2, 0.25) is 0 Å². The Morgan fingerprint density at radius 2 is 1.03 bits per heavy atom. The predicted molar refractivity (Wildman–Crippen MR) is 138 cm³/mol. The maximum atomic E-state index is 11.8. The van der Waals surface area contributed by atoms with Gasteiger partial charge in [-0.15, -0.1) is 0 Å². The van der Waals surface area contributed by atoms with Crippen LogP contribution in [0.1, 0.15) is 11.1 Å². The van der Waals surface area contributed by atoms with Gasteiger partial charge in [-0.2, -0.15) is 0 Å². The lowest BCUT2D eigenvalue weighted by Crippen LogP contribution is -2.12. The molecule has 8 nitrogen and oxygen atoms in total. The Hall–Kier alpha value is -3.30. The summed E-state index contributed by atoms with van der Waals surface area (Å²) in [7, 11) is 0. The summed E-state index contributed by atoms with van der Waals surface area (Å²) in [4.78, 5) is 33.0. The van der Waals surface area contributed by atoms with Gasteiger partial charge in [0, 0.05) is 10.0 Å². The number of ether oxygens (including phenoxy) is 2. The highest BCUT2D eigenvalue weighted by Crippen LogP contribution is 2.28. The second-order valence-corrected chi connectivity index (χ2v) is 8.48. The maximum absolute atomic E-state index is 11.8. The molecule has 0 N–H and O–H groups in total. The van der Waals surface area contributed by atoms with Crippen molar-refractivity contribution < 1.29 is 28.7 Å². The van der Waals surface area contributed by atoms with Gasteiger partial charge in [0.25, 0.3) is 0 Å². The topological polar surface area (TPSA) is 95.8 Å². The van der Waals surface area contributed by atoms with E-state index in [1.165, 1.54) is 36.7 Å². The van der Waals surface area contributed by atoms with Crippen molar-refractivity contribution in [2.45, 2.75) is 0 Å². The third kappa shape index (κ3) is 9.05. The van der Waals surface area contributed by atoms with E-state index in [9.17, 15) is 9.59 Å². The number of carbonyl (C=O) groups is 2. The molecule has 0 saturated heterocycles. The van der Waals surface area contributed by atoms with Crippen LogP contribution >= 0.6 is 46.4 Å². The van der Waals surface area contributed by atoms with Crippen LogP contribution in [0.4, 0.5) is 0 Å². The Labute approximate surface area is 225 Å². The molecular weight excluding hydrogens is 554 g/mol. The maximum Gasteiger partial charge on any atom is 0.372 e. The third-order valence-electron chi connectivity index (χ3n) is 4.13. The van der Waals surface area contributed by atoms with E-state index in [0.717, 1.165) is 0 Å². The van der Waals surface area contributed by atoms with E-state index in [0.29, 0.717) is 32.7 Å². The molecule has 0 aliphatic heterocycles. The predicted octanol–water partition coefficient (Wildman–Crippen LogP) is 6.21. The quantitative estimate of drug-likeness (QED) is 0.163. The summed E-state index contributed by atoms with van der Waals surface area (Å²) in [5.41, 5.74) is 1.29. The summed E-state index contributed by atoms with van der Waals surface area (Å²) in [5, 5.41) is 8.68. The van der Waals surface area contributed by atoms with Gasteiger partial charge in [0.05, 0.1) is 22.5 Å². The number of oxime groups is 2. The molecule has 0 amide bonds. The molecule has 186 valence electrons. The van der Waals surface area contributed by atoms with Gasteiger partial charge in [-0.05, 0) is 47.5 Å². The zero-order valence-electron chi connectivity index (χ0n) is 18.2. The van der Waals surface area contributed by atoms with Crippen molar-refractivity contribution >= 4 is 70.8 Å². The van der Waals surface area contributed by atoms with E-state index in [-0.39, 0.29) is 23.3 Å². The Bertz CT molecular complexity index is 1180. The van der Waals surface area contributed by atoms with Gasteiger partial charge in [0.15, 0.2) is 13.2 Å². The van der Waals surface area contributed by atoms with Crippen LogP contribution in [0.5, 0.6) is 11.5 Å². The number of halogens is 4. The van der Waals surface area contributed by atoms with Crippen molar-refractivity contribution in [3.63, 3.8) is 0 Å². The lowest BCUT2D eigenvalue weighted by molar-refractivity contribution is -0.146. The molecule has 0 fully saturated rings. The van der Waals surface area contributed by atoms with Crippen molar-refractivity contribution in [1.82, 2.24) is 0 Å². The monoisotopic (exact) mass is 568 g/mol. The summed E-state index contributed by atoms with van der Waals surface area (Å²) >= 11 is 23.5. The first-order valence-corrected chi connectivity index (χ1v) is 11.5. The van der Waals surface area contributed by atoms with E-state index in [1.54, 1.807) is 36.4 Å². The van der Waals surface area contributed by atoms with Crippen LogP contribution in [0.25, 0.3) is 0 Å². The number of carbonyl (C=O) groups excluding carboxylic acids is 2. The molecule has 3 rings (SSSR count). The first-order chi connectivity index (χ1) is 17.3. The minimum Gasteiger partial charge on any atom is -0.480 e. The molecule has 0 unspecified atom stereocenters. The summed E-state index contributed by atoms with van der Waals surface area (Å²) in [5.74, 6) is -0.845. The van der Waals surface area contributed by atoms with Crippen molar-refractivity contribution in [2.75, 3.05) is 13.2 Å². The van der Waals surface area contributed by atoms with Gasteiger partial charge in [-0.25, -0.2) is 9.59 Å². The van der Waals surface area contributed by atoms with Crippen LogP contribution in [0.3, 0.4) is 0 Å². The van der Waals surface area contributed by atoms with Crippen LogP contribution in [0, 0.1) is 0 Å². The lowest BCUT2D eigenvalue weighted by Gasteiger charge is -2.06. The Kier molecular flexibility index (Phi) is 10.4. The van der Waals surface area contributed by atoms with Crippen molar-refractivity contribution in [3.05, 3.63) is 91.9 Å². The fraction of sp³-hybridized carbons (Fsp3) is 0.0833. The van der Waals surface area contributed by atoms with Gasteiger partial charge >= 0.3 is 11.9 Å². The average Bonchev–Trinajstić information content (AvgIpc) is 2.84. The zero-order chi connectivity index (χ0) is 25.9. The average molecular weight is 570 g/mol. The Morgan fingerprint density at radius 1 is 0.639 bits per heavy atom. The molecule has 12 heteroatoms. The minimum atomic E-state index is -0.717. The van der Waals surface area contributed by atoms with Gasteiger partial charge < -0.3 is 19.1 Å². The van der Waals surface area contributed by atoms with Crippen LogP contribution in [-0.2, 0) is 19.3 Å². The first-order valence-electron chi connectivity index (χ1n) is 10.0. The molecule has 3 aromatic rings. The van der Waals surface area contributed by atoms with Crippen LogP contribution in [0.15, 0.2) is 71.0 Å². The number of nitrogens with zero attached hydrogens (tertiary/aromatic N) is 2. The van der Waals surface area contributed by atoms with Crippen molar-refractivity contribution in [3.8, 4) is 11.5 Å². The summed E-state index contributed by atoms with van der Waals surface area (Å²) < 4.78 is 10.5. The highest BCUT2D eigenvalue weighted by atomic mass is 35.5. The molecule has 0 aliphatic carbocycles. The Balaban J connectivity index is 1.39. The van der Waals surface area contributed by atoms with E-state index in [2.05, 4.69) is 10.3 Å². The van der Waals surface area contributed by atoms with E-state index < -0.39 is 11.9 Å². The number of benzene rings is 3. The minimum absolute atomic E-state index is 0.272. The Morgan fingerprint density at radius 3 is 1.39 bits per heavy atom. The van der Waals surface area contributed by atoms with Crippen molar-refractivity contribution in [1.29, 1.82) is 0 Å². The SMILES string of the molecule is O=C(COc1ccc(Cl)cc1Cl)ON=Cc1ccc(C=NOC(=O)COc2ccc(Cl)cc2Cl)cc1. The van der Waals surface area contributed by atoms with Gasteiger partial charge in [-0.3, -0.25) is 0 Å². The highest BCUT2D eigenvalue weighted by Gasteiger charge is 2.08. The van der Waals surface area contributed by atoms with Crippen LogP contribution in [-0.4, -0.2) is 37.6 Å². The van der Waals surface area contributed by atoms with E-state index in [4.69, 9.17) is 65.6 Å². The van der Waals surface area contributed by atoms with E-state index in [1.807, 2.05) is 0 Å². The molecule has 36 heavy (non-hydrogen) atoms. The zero-order valence-corrected chi connectivity index (χ0v) is 21.2. The molecule has 0 atom stereocenters. The van der Waals surface area contributed by atoms with Gasteiger partial charge in [0.1, 0.15) is 11.5 Å². The molecule has 0 saturated carbocycles. The van der Waals surface area contributed by atoms with Crippen LogP contribution in [0.2, 0.25) is 20.1 Å². The largest absolute Gasteiger partial charge is 0.480 e. The molecule has 0 radical (unpaired) electrons. The normalized spacial score (nSPS) is 11.0. The second-order valence-electron chi connectivity index (χ2n) is 6.79. The summed E-state index contributed by atoms with van der Waals surface area (Å²) in [6, 6.07) is 16.0. The van der Waals surface area contributed by atoms with Crippen LogP contribution < -0.4 is 9.47 Å². The summed E-state index contributed by atoms with van der Waals surface area (Å²) in [6.45, 7) is -0.769. The van der Waals surface area contributed by atoms with Gasteiger partial charge in [-0.1, -0.05) is 81.0 Å². The molecular formula is C24H16Cl4N2O6. The first kappa shape index (κ1) is 27.3. The lowest BCUT2D eigenvalue weighted by atomic mass is 10.2. The summed E-state index contributed by atoms with van der Waals surface area (Å²) in [6.07, 6.45) is 2.68. The number of hydrogen-bond acceptors (Lipinski definition) is 8. The number of rotatable bonds is 10. The van der Waals surface area contributed by atoms with Crippen molar-refractivity contribution in [2.24, 2.45) is 10.3 Å². The third-order valence-corrected chi connectivity index (χ3v) is 5.19. The molecule has 0 heterocycles.